The second-order valence-corrected chi connectivity index (χ2v) is 4.84. The maximum atomic E-state index is 12.2. The molecule has 0 atom stereocenters. The lowest BCUT2D eigenvalue weighted by Crippen LogP contribution is -2.48. The Bertz CT molecular complexity index is 377. The molecule has 0 saturated heterocycles. The lowest BCUT2D eigenvalue weighted by Gasteiger charge is -2.39. The summed E-state index contributed by atoms with van der Waals surface area (Å²) in [6, 6.07) is 2.21. The molecule has 1 fully saturated rings. The fourth-order valence-corrected chi connectivity index (χ4v) is 2.42. The maximum absolute atomic E-state index is 12.2. The van der Waals surface area contributed by atoms with Crippen molar-refractivity contribution in [1.82, 2.24) is 4.90 Å². The van der Waals surface area contributed by atoms with Gasteiger partial charge in [-0.2, -0.15) is 5.26 Å². The minimum Gasteiger partial charge on any atom is -0.380 e. The first-order valence-electron chi connectivity index (χ1n) is 6.09. The van der Waals surface area contributed by atoms with E-state index in [0.717, 1.165) is 32.2 Å². The summed E-state index contributed by atoms with van der Waals surface area (Å²) in [5.41, 5.74) is 0.545. The summed E-state index contributed by atoms with van der Waals surface area (Å²) in [5.74, 6) is 0.0268. The van der Waals surface area contributed by atoms with Crippen LogP contribution in [0, 0.1) is 16.7 Å². The van der Waals surface area contributed by atoms with Gasteiger partial charge in [0.1, 0.15) is 5.41 Å². The van der Waals surface area contributed by atoms with E-state index in [2.05, 4.69) is 12.1 Å². The van der Waals surface area contributed by atoms with Crippen LogP contribution in [-0.4, -0.2) is 37.6 Å². The van der Waals surface area contributed by atoms with Crippen molar-refractivity contribution in [1.29, 1.82) is 5.26 Å². The smallest absolute Gasteiger partial charge is 0.243 e. The van der Waals surface area contributed by atoms with Gasteiger partial charge in [0.25, 0.3) is 0 Å². The zero-order chi connectivity index (χ0) is 12.3. The van der Waals surface area contributed by atoms with Crippen LogP contribution in [0.15, 0.2) is 11.6 Å². The van der Waals surface area contributed by atoms with Gasteiger partial charge in [-0.1, -0.05) is 6.08 Å². The summed E-state index contributed by atoms with van der Waals surface area (Å²) in [6.45, 7) is 1.99. The van der Waals surface area contributed by atoms with Crippen LogP contribution in [0.25, 0.3) is 0 Å². The lowest BCUT2D eigenvalue weighted by molar-refractivity contribution is -0.142. The van der Waals surface area contributed by atoms with E-state index in [9.17, 15) is 4.79 Å². The van der Waals surface area contributed by atoms with Crippen molar-refractivity contribution < 1.29 is 9.53 Å². The number of carbonyl (C=O) groups excluding carboxylic acids is 1. The van der Waals surface area contributed by atoms with Gasteiger partial charge >= 0.3 is 0 Å². The molecule has 0 radical (unpaired) electrons. The number of hydrogen-bond donors (Lipinski definition) is 0. The predicted octanol–water partition coefficient (Wildman–Crippen LogP) is 1.49. The highest BCUT2D eigenvalue weighted by molar-refractivity contribution is 5.86. The molecular formula is C13H18N2O2. The quantitative estimate of drug-likeness (QED) is 0.695. The summed E-state index contributed by atoms with van der Waals surface area (Å²) in [6.07, 6.45) is 5.37. The number of nitrogens with zero attached hydrogens (tertiary/aromatic N) is 2. The van der Waals surface area contributed by atoms with E-state index >= 15 is 0 Å². The molecule has 4 nitrogen and oxygen atoms in total. The lowest BCUT2D eigenvalue weighted by atomic mass is 9.69. The first kappa shape index (κ1) is 12.1. The van der Waals surface area contributed by atoms with Gasteiger partial charge in [-0.3, -0.25) is 4.79 Å². The van der Waals surface area contributed by atoms with Crippen LogP contribution >= 0.6 is 0 Å². The average molecular weight is 234 g/mol. The molecule has 4 heteroatoms. The van der Waals surface area contributed by atoms with Gasteiger partial charge in [0.05, 0.1) is 12.7 Å². The Morgan fingerprint density at radius 2 is 2.41 bits per heavy atom. The minimum atomic E-state index is -0.702. The molecule has 92 valence electrons. The van der Waals surface area contributed by atoms with Crippen molar-refractivity contribution in [3.63, 3.8) is 0 Å². The number of amides is 1. The van der Waals surface area contributed by atoms with Gasteiger partial charge in [0.15, 0.2) is 0 Å². The Morgan fingerprint density at radius 3 is 2.82 bits per heavy atom. The van der Waals surface area contributed by atoms with E-state index in [-0.39, 0.29) is 5.91 Å². The number of rotatable bonds is 3. The molecule has 2 rings (SSSR count). The van der Waals surface area contributed by atoms with Gasteiger partial charge < -0.3 is 9.64 Å². The highest BCUT2D eigenvalue weighted by Gasteiger charge is 2.46. The predicted molar refractivity (Wildman–Crippen MR) is 63.1 cm³/mol. The van der Waals surface area contributed by atoms with Crippen LogP contribution in [-0.2, 0) is 9.53 Å². The molecule has 1 amide bonds. The van der Waals surface area contributed by atoms with Gasteiger partial charge in [-0.05, 0) is 31.3 Å². The molecule has 0 N–H and O–H groups in total. The van der Waals surface area contributed by atoms with Gasteiger partial charge in [-0.25, -0.2) is 0 Å². The molecule has 0 bridgehead atoms. The first-order chi connectivity index (χ1) is 8.22. The Labute approximate surface area is 102 Å². The molecule has 1 aliphatic heterocycles. The van der Waals surface area contributed by atoms with E-state index in [0.29, 0.717) is 13.2 Å². The van der Waals surface area contributed by atoms with Crippen molar-refractivity contribution in [2.45, 2.75) is 25.7 Å². The van der Waals surface area contributed by atoms with Crippen LogP contribution in [0.1, 0.15) is 25.7 Å². The molecular weight excluding hydrogens is 216 g/mol. The number of nitriles is 1. The summed E-state index contributed by atoms with van der Waals surface area (Å²) in [7, 11) is 1.68. The van der Waals surface area contributed by atoms with Crippen molar-refractivity contribution in [2.75, 3.05) is 26.8 Å². The first-order valence-corrected chi connectivity index (χ1v) is 6.09. The van der Waals surface area contributed by atoms with Crippen LogP contribution in [0.2, 0.25) is 0 Å². The summed E-state index contributed by atoms with van der Waals surface area (Å²) < 4.78 is 5.07. The summed E-state index contributed by atoms with van der Waals surface area (Å²) in [5, 5.41) is 9.14. The number of hydrogen-bond acceptors (Lipinski definition) is 3. The molecule has 1 aliphatic carbocycles. The number of carbonyl (C=O) groups is 1. The van der Waals surface area contributed by atoms with Crippen molar-refractivity contribution in [2.24, 2.45) is 5.41 Å². The normalized spacial score (nSPS) is 22.4. The Hall–Kier alpha value is -1.34. The Kier molecular flexibility index (Phi) is 3.49. The number of methoxy groups -OCH3 is 1. The zero-order valence-electron chi connectivity index (χ0n) is 10.2. The summed E-state index contributed by atoms with van der Waals surface area (Å²) >= 11 is 0. The van der Waals surface area contributed by atoms with Crippen LogP contribution in [0.3, 0.4) is 0 Å². The van der Waals surface area contributed by atoms with E-state index in [4.69, 9.17) is 10.00 Å². The molecule has 0 aromatic heterocycles. The van der Waals surface area contributed by atoms with E-state index in [1.54, 1.807) is 7.11 Å². The fourth-order valence-electron chi connectivity index (χ4n) is 2.42. The van der Waals surface area contributed by atoms with Gasteiger partial charge in [0, 0.05) is 20.2 Å². The largest absolute Gasteiger partial charge is 0.380 e. The molecule has 1 saturated carbocycles. The second-order valence-electron chi connectivity index (χ2n) is 4.84. The highest BCUT2D eigenvalue weighted by atomic mass is 16.5. The van der Waals surface area contributed by atoms with Crippen LogP contribution in [0.5, 0.6) is 0 Å². The van der Waals surface area contributed by atoms with E-state index in [1.807, 2.05) is 4.90 Å². The molecule has 17 heavy (non-hydrogen) atoms. The van der Waals surface area contributed by atoms with Crippen LogP contribution < -0.4 is 0 Å². The molecule has 0 aromatic carbocycles. The third-order valence-electron chi connectivity index (χ3n) is 3.75. The van der Waals surface area contributed by atoms with Crippen LogP contribution in [0.4, 0.5) is 0 Å². The highest BCUT2D eigenvalue weighted by Crippen LogP contribution is 2.42. The Balaban J connectivity index is 1.97. The molecule has 2 aliphatic rings. The minimum absolute atomic E-state index is 0.0268. The van der Waals surface area contributed by atoms with Gasteiger partial charge in [-0.15, -0.1) is 0 Å². The molecule has 0 unspecified atom stereocenters. The molecule has 0 aromatic rings. The zero-order valence-corrected chi connectivity index (χ0v) is 10.2. The second kappa shape index (κ2) is 4.89. The Morgan fingerprint density at radius 1 is 1.65 bits per heavy atom. The SMILES string of the molecule is COCC1=CCN(C(=O)C2(C#N)CCC2)CC1. The average Bonchev–Trinajstić information content (AvgIpc) is 2.29. The topological polar surface area (TPSA) is 53.3 Å². The molecule has 0 spiro atoms. The number of ether oxygens (including phenoxy) is 1. The monoisotopic (exact) mass is 234 g/mol. The standard InChI is InChI=1S/C13H18N2O2/c1-17-9-11-3-7-15(8-4-11)12(16)13(10-14)5-2-6-13/h3H,2,4-9H2,1H3. The van der Waals surface area contributed by atoms with Crippen molar-refractivity contribution in [3.8, 4) is 6.07 Å². The van der Waals surface area contributed by atoms with Crippen molar-refractivity contribution in [3.05, 3.63) is 11.6 Å². The van der Waals surface area contributed by atoms with Gasteiger partial charge in [0.2, 0.25) is 5.91 Å². The third-order valence-corrected chi connectivity index (χ3v) is 3.75. The van der Waals surface area contributed by atoms with E-state index in [1.165, 1.54) is 5.57 Å². The van der Waals surface area contributed by atoms with E-state index < -0.39 is 5.41 Å². The third kappa shape index (κ3) is 2.20. The summed E-state index contributed by atoms with van der Waals surface area (Å²) in [4.78, 5) is 14.0. The maximum Gasteiger partial charge on any atom is 0.243 e. The van der Waals surface area contributed by atoms with Crippen molar-refractivity contribution >= 4 is 5.91 Å². The fraction of sp³-hybridized carbons (Fsp3) is 0.692. The molecule has 1 heterocycles.